The van der Waals surface area contributed by atoms with Gasteiger partial charge in [0.25, 0.3) is 0 Å². The number of hydrogen-bond donors (Lipinski definition) is 3. The van der Waals surface area contributed by atoms with Crippen molar-refractivity contribution in [1.82, 2.24) is 30.3 Å². The Bertz CT molecular complexity index is 1620. The average Bonchev–Trinajstić information content (AvgIpc) is 3.60. The number of aldehydes is 1. The number of carbonyl (C=O) groups is 2. The maximum Gasteiger partial charge on any atom is 0.245 e. The molecule has 5 aromatic rings. The number of hydrogen-bond acceptors (Lipinski definition) is 7. The SMILES string of the molecule is CC(C)[C@@H](C(=O)NC(C=O)Cc1c[nH]c2ccccc12)n1cc(COc2ccc3[nH]c(=S)sc3c2)nn1. The number of fused-ring (bicyclic) bond motifs is 2. The third kappa shape index (κ3) is 5.47. The first-order valence-corrected chi connectivity index (χ1v) is 13.1. The topological polar surface area (TPSA) is 118 Å². The Balaban J connectivity index is 1.25. The van der Waals surface area contributed by atoms with Crippen LogP contribution in [0, 0.1) is 9.87 Å². The second kappa shape index (κ2) is 10.7. The molecule has 0 saturated heterocycles. The minimum absolute atomic E-state index is 0.0825. The highest BCUT2D eigenvalue weighted by molar-refractivity contribution is 7.73. The van der Waals surface area contributed by atoms with Crippen molar-refractivity contribution >= 4 is 56.9 Å². The Labute approximate surface area is 221 Å². The smallest absolute Gasteiger partial charge is 0.245 e. The van der Waals surface area contributed by atoms with Crippen LogP contribution in [0.1, 0.15) is 31.1 Å². The number of aromatic amines is 2. The molecule has 11 heteroatoms. The van der Waals surface area contributed by atoms with Crippen molar-refractivity contribution < 1.29 is 14.3 Å². The summed E-state index contributed by atoms with van der Waals surface area (Å²) in [5, 5.41) is 12.3. The van der Waals surface area contributed by atoms with Gasteiger partial charge in [-0.1, -0.05) is 37.3 Å². The van der Waals surface area contributed by atoms with Crippen LogP contribution in [0.25, 0.3) is 21.1 Å². The number of ether oxygens (including phenoxy) is 1. The molecule has 0 spiro atoms. The van der Waals surface area contributed by atoms with Gasteiger partial charge in [-0.15, -0.1) is 16.4 Å². The normalized spacial score (nSPS) is 13.2. The van der Waals surface area contributed by atoms with Crippen LogP contribution in [-0.2, 0) is 22.6 Å². The van der Waals surface area contributed by atoms with Crippen molar-refractivity contribution in [2.75, 3.05) is 0 Å². The molecule has 37 heavy (non-hydrogen) atoms. The lowest BCUT2D eigenvalue weighted by atomic mass is 10.0. The van der Waals surface area contributed by atoms with E-state index in [9.17, 15) is 9.59 Å². The molecule has 0 aliphatic heterocycles. The standard InChI is InChI=1S/C26H26N6O3S2/c1-15(2)24(25(34)28-17(13-33)9-16-11-27-21-6-4-3-5-20(16)21)32-12-18(30-31-32)14-35-19-7-8-22-23(10-19)37-26(36)29-22/h3-8,10-13,15,17,24,27H,9,14H2,1-2H3,(H,28,34)(H,29,36)/t17?,24-/m0/s1. The molecule has 3 aromatic heterocycles. The van der Waals surface area contributed by atoms with Crippen molar-refractivity contribution in [3.8, 4) is 5.75 Å². The monoisotopic (exact) mass is 534 g/mol. The Kier molecular flexibility index (Phi) is 7.15. The van der Waals surface area contributed by atoms with Gasteiger partial charge in [-0.2, -0.15) is 0 Å². The highest BCUT2D eigenvalue weighted by atomic mass is 32.1. The zero-order valence-corrected chi connectivity index (χ0v) is 21.9. The molecule has 190 valence electrons. The summed E-state index contributed by atoms with van der Waals surface area (Å²) < 4.78 is 9.16. The van der Waals surface area contributed by atoms with Crippen LogP contribution in [0.4, 0.5) is 0 Å². The molecular formula is C26H26N6O3S2. The number of aromatic nitrogens is 5. The number of rotatable bonds is 10. The number of benzene rings is 2. The van der Waals surface area contributed by atoms with E-state index in [2.05, 4.69) is 25.6 Å². The number of para-hydroxylation sites is 1. The minimum atomic E-state index is -0.667. The minimum Gasteiger partial charge on any atom is -0.487 e. The summed E-state index contributed by atoms with van der Waals surface area (Å²) in [7, 11) is 0. The van der Waals surface area contributed by atoms with Crippen molar-refractivity contribution in [3.05, 3.63) is 70.1 Å². The molecule has 2 aromatic carbocycles. The highest BCUT2D eigenvalue weighted by Crippen LogP contribution is 2.25. The first-order valence-electron chi connectivity index (χ1n) is 11.9. The van der Waals surface area contributed by atoms with Crippen molar-refractivity contribution in [2.24, 2.45) is 5.92 Å². The molecule has 2 atom stereocenters. The van der Waals surface area contributed by atoms with Crippen molar-refractivity contribution in [3.63, 3.8) is 0 Å². The van der Waals surface area contributed by atoms with Gasteiger partial charge in [0.05, 0.1) is 22.5 Å². The van der Waals surface area contributed by atoms with E-state index in [1.54, 1.807) is 6.20 Å². The second-order valence-electron chi connectivity index (χ2n) is 9.15. The van der Waals surface area contributed by atoms with Crippen LogP contribution in [0.5, 0.6) is 5.75 Å². The Morgan fingerprint density at radius 2 is 2.08 bits per heavy atom. The third-order valence-electron chi connectivity index (χ3n) is 6.13. The molecule has 3 N–H and O–H groups in total. The molecule has 3 heterocycles. The molecule has 0 aliphatic rings. The van der Waals surface area contributed by atoms with Crippen LogP contribution in [-0.4, -0.2) is 43.2 Å². The number of thiazole rings is 1. The molecule has 0 radical (unpaired) electrons. The van der Waals surface area contributed by atoms with Crippen LogP contribution in [0.2, 0.25) is 0 Å². The lowest BCUT2D eigenvalue weighted by Crippen LogP contribution is -2.43. The zero-order chi connectivity index (χ0) is 25.9. The first kappa shape index (κ1) is 24.8. The largest absolute Gasteiger partial charge is 0.487 e. The molecule has 0 aliphatic carbocycles. The summed E-state index contributed by atoms with van der Waals surface area (Å²) in [6.45, 7) is 4.06. The fraction of sp³-hybridized carbons (Fsp3) is 0.269. The van der Waals surface area contributed by atoms with E-state index in [1.807, 2.05) is 62.5 Å². The summed E-state index contributed by atoms with van der Waals surface area (Å²) in [5.41, 5.74) is 3.52. The van der Waals surface area contributed by atoms with Crippen LogP contribution < -0.4 is 10.1 Å². The lowest BCUT2D eigenvalue weighted by molar-refractivity contribution is -0.128. The van der Waals surface area contributed by atoms with E-state index in [0.717, 1.165) is 33.0 Å². The van der Waals surface area contributed by atoms with Crippen LogP contribution in [0.3, 0.4) is 0 Å². The maximum absolute atomic E-state index is 13.3. The second-order valence-corrected chi connectivity index (χ2v) is 10.9. The number of nitrogens with one attached hydrogen (secondary N) is 3. The van der Waals surface area contributed by atoms with E-state index in [1.165, 1.54) is 16.0 Å². The lowest BCUT2D eigenvalue weighted by Gasteiger charge is -2.22. The number of nitrogens with zero attached hydrogens (tertiary/aromatic N) is 3. The quantitative estimate of drug-likeness (QED) is 0.176. The molecule has 0 saturated carbocycles. The molecular weight excluding hydrogens is 508 g/mol. The van der Waals surface area contributed by atoms with Gasteiger partial charge in [0.2, 0.25) is 5.91 Å². The summed E-state index contributed by atoms with van der Waals surface area (Å²) in [6, 6.07) is 12.3. The Hall–Kier alpha value is -3.83. The first-order chi connectivity index (χ1) is 17.9. The average molecular weight is 535 g/mol. The van der Waals surface area contributed by atoms with E-state index >= 15 is 0 Å². The van der Waals surface area contributed by atoms with E-state index in [-0.39, 0.29) is 18.4 Å². The molecule has 5 rings (SSSR count). The zero-order valence-electron chi connectivity index (χ0n) is 20.3. The van der Waals surface area contributed by atoms with Gasteiger partial charge >= 0.3 is 0 Å². The van der Waals surface area contributed by atoms with Gasteiger partial charge in [-0.3, -0.25) is 4.79 Å². The van der Waals surface area contributed by atoms with Gasteiger partial charge in [0, 0.05) is 23.5 Å². The van der Waals surface area contributed by atoms with E-state index < -0.39 is 12.1 Å². The van der Waals surface area contributed by atoms with Crippen molar-refractivity contribution in [2.45, 2.75) is 39.0 Å². The van der Waals surface area contributed by atoms with Crippen LogP contribution in [0.15, 0.2) is 54.9 Å². The van der Waals surface area contributed by atoms with Gasteiger partial charge < -0.3 is 24.8 Å². The summed E-state index contributed by atoms with van der Waals surface area (Å²) in [6.07, 6.45) is 4.74. The third-order valence-corrected chi connectivity index (χ3v) is 7.33. The molecule has 0 fully saturated rings. The van der Waals surface area contributed by atoms with E-state index in [4.69, 9.17) is 17.0 Å². The number of amides is 1. The molecule has 0 bridgehead atoms. The van der Waals surface area contributed by atoms with E-state index in [0.29, 0.717) is 21.8 Å². The van der Waals surface area contributed by atoms with Gasteiger partial charge in [-0.25, -0.2) is 4.68 Å². The Morgan fingerprint density at radius 1 is 1.24 bits per heavy atom. The fourth-order valence-electron chi connectivity index (χ4n) is 4.36. The molecule has 1 amide bonds. The number of H-pyrrole nitrogens is 2. The van der Waals surface area contributed by atoms with Crippen molar-refractivity contribution in [1.29, 1.82) is 0 Å². The predicted molar refractivity (Wildman–Crippen MR) is 145 cm³/mol. The summed E-state index contributed by atoms with van der Waals surface area (Å²) >= 11 is 6.68. The molecule has 1 unspecified atom stereocenters. The Morgan fingerprint density at radius 3 is 2.89 bits per heavy atom. The predicted octanol–water partition coefficient (Wildman–Crippen LogP) is 4.73. The van der Waals surface area contributed by atoms with Gasteiger partial charge in [0.15, 0.2) is 3.95 Å². The number of carbonyl (C=O) groups excluding carboxylic acids is 2. The highest BCUT2D eigenvalue weighted by Gasteiger charge is 2.28. The van der Waals surface area contributed by atoms with Gasteiger partial charge in [0.1, 0.15) is 30.4 Å². The molecule has 9 nitrogen and oxygen atoms in total. The maximum atomic E-state index is 13.3. The summed E-state index contributed by atoms with van der Waals surface area (Å²) in [4.78, 5) is 31.4. The fourth-order valence-corrected chi connectivity index (χ4v) is 5.50. The van der Waals surface area contributed by atoms with Crippen LogP contribution >= 0.6 is 23.6 Å². The summed E-state index contributed by atoms with van der Waals surface area (Å²) in [5.74, 6) is 0.320. The van der Waals surface area contributed by atoms with Gasteiger partial charge in [-0.05, 0) is 48.0 Å².